The lowest BCUT2D eigenvalue weighted by molar-refractivity contribution is 0.307. The first kappa shape index (κ1) is 21.0. The Hall–Kier alpha value is -1.75. The van der Waals surface area contributed by atoms with Crippen molar-refractivity contribution in [1.82, 2.24) is 10.3 Å². The van der Waals surface area contributed by atoms with E-state index in [9.17, 15) is 12.8 Å². The standard InChI is InChI=1S/C13H17B4BrFN5O3S/c14-12(15)4-8(13(16,17)28(12,25)26)22-11-9(23-27-24-11)10(20)21-5-1-2-7(19)6(18)3-5/h1-3,8H,4,14-17H2,(H2,20,21)(H,22,24). The molecule has 1 aromatic heterocycles. The van der Waals surface area contributed by atoms with E-state index in [0.29, 0.717) is 12.1 Å². The normalized spacial score (nSPS) is 21.9. The number of nitrogens with one attached hydrogen (secondary N) is 3. The molecule has 3 N–H and O–H groups in total. The van der Waals surface area contributed by atoms with Crippen LogP contribution < -0.4 is 10.6 Å². The number of hydrogen-bond donors (Lipinski definition) is 3. The van der Waals surface area contributed by atoms with Gasteiger partial charge in [0.2, 0.25) is 5.82 Å². The van der Waals surface area contributed by atoms with Crippen LogP contribution in [0, 0.1) is 11.2 Å². The highest BCUT2D eigenvalue weighted by Crippen LogP contribution is 2.39. The van der Waals surface area contributed by atoms with Gasteiger partial charge in [0.25, 0.3) is 0 Å². The van der Waals surface area contributed by atoms with Crippen molar-refractivity contribution < 1.29 is 17.4 Å². The minimum atomic E-state index is -3.40. The smallest absolute Gasteiger partial charge is 0.202 e. The van der Waals surface area contributed by atoms with Crippen LogP contribution in [0.4, 0.5) is 15.9 Å². The van der Waals surface area contributed by atoms with E-state index >= 15 is 0 Å². The summed E-state index contributed by atoms with van der Waals surface area (Å²) >= 11 is 3.09. The van der Waals surface area contributed by atoms with Crippen molar-refractivity contribution in [1.29, 1.82) is 5.41 Å². The second kappa shape index (κ2) is 6.94. The predicted molar refractivity (Wildman–Crippen MR) is 119 cm³/mol. The van der Waals surface area contributed by atoms with Crippen LogP contribution in [-0.2, 0) is 9.84 Å². The summed E-state index contributed by atoms with van der Waals surface area (Å²) in [7, 11) is 3.34. The summed E-state index contributed by atoms with van der Waals surface area (Å²) in [6.07, 6.45) is 0.375. The highest BCUT2D eigenvalue weighted by atomic mass is 79.9. The molecule has 144 valence electrons. The molecule has 0 aliphatic carbocycles. The second-order valence-electron chi connectivity index (χ2n) is 7.86. The molecule has 1 aliphatic rings. The SMILES string of the molecule is BC1(B)CC(Nc2nonc2C(=N)Nc2ccc(F)c(Br)c2)C(B)(B)S1(=O)=O. The quantitative estimate of drug-likeness (QED) is 0.267. The Morgan fingerprint density at radius 3 is 2.57 bits per heavy atom. The summed E-state index contributed by atoms with van der Waals surface area (Å²) in [6.45, 7) is 0. The number of anilines is 2. The van der Waals surface area contributed by atoms with E-state index in [2.05, 4.69) is 36.9 Å². The number of rotatable bonds is 4. The first-order chi connectivity index (χ1) is 12.9. The molecule has 2 heterocycles. The fourth-order valence-electron chi connectivity index (χ4n) is 3.36. The van der Waals surface area contributed by atoms with Crippen LogP contribution in [0.15, 0.2) is 27.3 Å². The molecule has 1 aliphatic heterocycles. The van der Waals surface area contributed by atoms with Gasteiger partial charge in [0.1, 0.15) is 47.0 Å². The molecule has 1 aromatic carbocycles. The van der Waals surface area contributed by atoms with E-state index < -0.39 is 30.8 Å². The lowest BCUT2D eigenvalue weighted by Crippen LogP contribution is -2.51. The molecule has 28 heavy (non-hydrogen) atoms. The van der Waals surface area contributed by atoms with Gasteiger partial charge in [0, 0.05) is 20.8 Å². The number of aromatic nitrogens is 2. The maximum Gasteiger partial charge on any atom is 0.202 e. The molecule has 1 fully saturated rings. The van der Waals surface area contributed by atoms with Crippen molar-refractivity contribution in [2.45, 2.75) is 21.6 Å². The zero-order valence-electron chi connectivity index (χ0n) is 15.8. The van der Waals surface area contributed by atoms with Gasteiger partial charge < -0.3 is 10.6 Å². The molecule has 15 heteroatoms. The highest BCUT2D eigenvalue weighted by Gasteiger charge is 2.57. The van der Waals surface area contributed by atoms with Gasteiger partial charge in [-0.25, -0.2) is 17.4 Å². The first-order valence-corrected chi connectivity index (χ1v) is 10.8. The Labute approximate surface area is 173 Å². The van der Waals surface area contributed by atoms with E-state index in [0.717, 1.165) is 0 Å². The maximum atomic E-state index is 13.4. The zero-order valence-corrected chi connectivity index (χ0v) is 18.2. The van der Waals surface area contributed by atoms with Crippen molar-refractivity contribution in [2.24, 2.45) is 0 Å². The van der Waals surface area contributed by atoms with E-state index in [1.807, 2.05) is 0 Å². The third-order valence-electron chi connectivity index (χ3n) is 5.18. The summed E-state index contributed by atoms with van der Waals surface area (Å²) < 4.78 is 42.1. The van der Waals surface area contributed by atoms with Crippen LogP contribution in [0.3, 0.4) is 0 Å². The highest BCUT2D eigenvalue weighted by molar-refractivity contribution is 9.10. The minimum absolute atomic E-state index is 0.0957. The average molecular weight is 466 g/mol. The Kier molecular flexibility index (Phi) is 5.20. The molecular weight excluding hydrogens is 448 g/mol. The van der Waals surface area contributed by atoms with E-state index in [1.54, 1.807) is 31.4 Å². The number of amidine groups is 1. The maximum absolute atomic E-state index is 13.4. The molecule has 2 aromatic rings. The summed E-state index contributed by atoms with van der Waals surface area (Å²) in [4.78, 5) is 0. The van der Waals surface area contributed by atoms with Crippen LogP contribution in [0.5, 0.6) is 0 Å². The Bertz CT molecular complexity index is 1050. The molecule has 1 atom stereocenters. The largest absolute Gasteiger partial charge is 0.362 e. The van der Waals surface area contributed by atoms with Crippen LogP contribution in [0.2, 0.25) is 0 Å². The average Bonchev–Trinajstić information content (AvgIpc) is 3.09. The molecule has 1 unspecified atom stereocenters. The van der Waals surface area contributed by atoms with Gasteiger partial charge in [-0.3, -0.25) is 5.41 Å². The first-order valence-electron chi connectivity index (χ1n) is 8.51. The molecule has 0 amide bonds. The van der Waals surface area contributed by atoms with Gasteiger partial charge in [-0.05, 0) is 50.9 Å². The van der Waals surface area contributed by atoms with Gasteiger partial charge in [-0.15, -0.1) is 0 Å². The van der Waals surface area contributed by atoms with Crippen molar-refractivity contribution in [2.75, 3.05) is 10.6 Å². The van der Waals surface area contributed by atoms with Crippen molar-refractivity contribution in [3.8, 4) is 0 Å². The lowest BCUT2D eigenvalue weighted by Gasteiger charge is -2.27. The van der Waals surface area contributed by atoms with E-state index in [4.69, 9.17) is 10.0 Å². The van der Waals surface area contributed by atoms with Crippen molar-refractivity contribution in [3.63, 3.8) is 0 Å². The second-order valence-corrected chi connectivity index (χ2v) is 11.9. The lowest BCUT2D eigenvalue weighted by atomic mass is 9.59. The van der Waals surface area contributed by atoms with Crippen LogP contribution in [0.1, 0.15) is 12.1 Å². The van der Waals surface area contributed by atoms with Gasteiger partial charge in [0.15, 0.2) is 11.5 Å². The molecule has 0 spiro atoms. The molecule has 0 radical (unpaired) electrons. The zero-order chi connectivity index (χ0) is 20.9. The molecule has 0 bridgehead atoms. The van der Waals surface area contributed by atoms with Gasteiger partial charge in [0.05, 0.1) is 4.47 Å². The van der Waals surface area contributed by atoms with E-state index in [-0.39, 0.29) is 21.8 Å². The molecule has 0 saturated carbocycles. The fraction of sp³-hybridized carbons (Fsp3) is 0.308. The van der Waals surface area contributed by atoms with Crippen LogP contribution >= 0.6 is 15.9 Å². The van der Waals surface area contributed by atoms with Gasteiger partial charge in [-0.1, -0.05) is 0 Å². The van der Waals surface area contributed by atoms with Crippen LogP contribution in [0.25, 0.3) is 0 Å². The number of benzene rings is 1. The summed E-state index contributed by atoms with van der Waals surface area (Å²) in [5, 5.41) is 21.7. The number of hydrogen-bond acceptors (Lipinski definition) is 7. The molecule has 1 saturated heterocycles. The summed E-state index contributed by atoms with van der Waals surface area (Å²) in [5.74, 6) is -0.375. The molecule has 8 nitrogen and oxygen atoms in total. The number of sulfone groups is 1. The third-order valence-corrected chi connectivity index (χ3v) is 9.08. The van der Waals surface area contributed by atoms with Gasteiger partial charge >= 0.3 is 0 Å². The summed E-state index contributed by atoms with van der Waals surface area (Å²) in [6, 6.07) is 3.78. The van der Waals surface area contributed by atoms with Gasteiger partial charge in [-0.2, -0.15) is 0 Å². The number of halogens is 2. The minimum Gasteiger partial charge on any atom is -0.362 e. The monoisotopic (exact) mass is 465 g/mol. The summed E-state index contributed by atoms with van der Waals surface area (Å²) in [5.41, 5.74) is 0.565. The Balaban J connectivity index is 1.82. The molecule has 3 rings (SSSR count). The van der Waals surface area contributed by atoms with E-state index in [1.165, 1.54) is 18.2 Å². The predicted octanol–water partition coefficient (Wildman–Crippen LogP) is -2.15. The topological polar surface area (TPSA) is 121 Å². The Morgan fingerprint density at radius 1 is 1.32 bits per heavy atom. The van der Waals surface area contributed by atoms with Crippen molar-refractivity contribution in [3.05, 3.63) is 34.2 Å². The third kappa shape index (κ3) is 3.38. The van der Waals surface area contributed by atoms with Crippen molar-refractivity contribution >= 4 is 74.5 Å². The Morgan fingerprint density at radius 2 is 2.00 bits per heavy atom. The van der Waals surface area contributed by atoms with Crippen LogP contribution in [-0.4, -0.2) is 71.1 Å². The molecular formula is C13H17B4BrFN5O3S. The fourth-order valence-corrected chi connectivity index (χ4v) is 6.07. The number of nitrogens with zero attached hydrogens (tertiary/aromatic N) is 2.